The third-order valence-electron chi connectivity index (χ3n) is 3.11. The molecule has 1 atom stereocenters. The third-order valence-corrected chi connectivity index (χ3v) is 3.11. The highest BCUT2D eigenvalue weighted by Crippen LogP contribution is 2.16. The minimum absolute atomic E-state index is 0. The van der Waals surface area contributed by atoms with Crippen molar-refractivity contribution in [2.45, 2.75) is 13.0 Å². The van der Waals surface area contributed by atoms with Crippen LogP contribution in [-0.2, 0) is 0 Å². The quantitative estimate of drug-likeness (QED) is 0.799. The predicted molar refractivity (Wildman–Crippen MR) is 82.6 cm³/mol. The Morgan fingerprint density at radius 3 is 2.76 bits per heavy atom. The normalized spacial score (nSPS) is 11.8. The van der Waals surface area contributed by atoms with Crippen molar-refractivity contribution in [1.29, 1.82) is 0 Å². The number of aromatic amines is 1. The average Bonchev–Trinajstić information content (AvgIpc) is 2.42. The first-order valence-corrected chi connectivity index (χ1v) is 6.29. The second kappa shape index (κ2) is 7.19. The van der Waals surface area contributed by atoms with Crippen molar-refractivity contribution in [3.05, 3.63) is 46.0 Å². The van der Waals surface area contributed by atoms with Gasteiger partial charge in [0.2, 0.25) is 5.56 Å². The van der Waals surface area contributed by atoms with E-state index in [0.717, 1.165) is 0 Å². The number of halogens is 2. The molecule has 1 unspecified atom stereocenters. The van der Waals surface area contributed by atoms with Crippen LogP contribution in [0.4, 0.5) is 4.39 Å². The predicted octanol–water partition coefficient (Wildman–Crippen LogP) is 1.43. The molecule has 1 heterocycles. The van der Waals surface area contributed by atoms with Gasteiger partial charge < -0.3 is 15.6 Å². The molecule has 1 aromatic carbocycles. The lowest BCUT2D eigenvalue weighted by atomic mass is 10.1. The number of rotatable bonds is 4. The van der Waals surface area contributed by atoms with Crippen molar-refractivity contribution in [2.75, 3.05) is 13.6 Å². The maximum atomic E-state index is 13.2. The standard InChI is InChI=1S/C14H16FN3O2.ClH/c1-8(16-2)7-17-14(20)11-6-13(19)18-12-5-9(15)3-4-10(11)12;/h3-6,8,16H,7H2,1-2H3,(H,17,20)(H,18,19);1H. The Labute approximate surface area is 127 Å². The number of benzene rings is 1. The van der Waals surface area contributed by atoms with Crippen molar-refractivity contribution < 1.29 is 9.18 Å². The van der Waals surface area contributed by atoms with Gasteiger partial charge in [-0.2, -0.15) is 0 Å². The molecule has 0 aliphatic heterocycles. The number of pyridine rings is 1. The second-order valence-corrected chi connectivity index (χ2v) is 4.64. The van der Waals surface area contributed by atoms with Crippen LogP contribution in [0.15, 0.2) is 29.1 Å². The van der Waals surface area contributed by atoms with Gasteiger partial charge in [-0.05, 0) is 32.2 Å². The van der Waals surface area contributed by atoms with Crippen LogP contribution in [0, 0.1) is 5.82 Å². The zero-order chi connectivity index (χ0) is 14.7. The Kier molecular flexibility index (Phi) is 5.87. The Balaban J connectivity index is 0.00000220. The number of aromatic nitrogens is 1. The fourth-order valence-corrected chi connectivity index (χ4v) is 1.86. The van der Waals surface area contributed by atoms with E-state index in [1.165, 1.54) is 24.3 Å². The van der Waals surface area contributed by atoms with E-state index in [4.69, 9.17) is 0 Å². The summed E-state index contributed by atoms with van der Waals surface area (Å²) < 4.78 is 13.2. The SMILES string of the molecule is CNC(C)CNC(=O)c1cc(=O)[nH]c2cc(F)ccc12.Cl. The number of hydrogen-bond acceptors (Lipinski definition) is 3. The molecule has 0 saturated heterocycles. The van der Waals surface area contributed by atoms with E-state index >= 15 is 0 Å². The Morgan fingerprint density at radius 1 is 1.38 bits per heavy atom. The molecule has 0 bridgehead atoms. The monoisotopic (exact) mass is 313 g/mol. The van der Waals surface area contributed by atoms with E-state index in [0.29, 0.717) is 17.4 Å². The van der Waals surface area contributed by atoms with E-state index in [1.807, 2.05) is 6.92 Å². The molecule has 0 aliphatic rings. The van der Waals surface area contributed by atoms with Crippen molar-refractivity contribution in [3.8, 4) is 0 Å². The number of amides is 1. The minimum Gasteiger partial charge on any atom is -0.350 e. The van der Waals surface area contributed by atoms with E-state index in [9.17, 15) is 14.0 Å². The molecule has 1 aromatic heterocycles. The molecule has 0 aliphatic carbocycles. The van der Waals surface area contributed by atoms with Gasteiger partial charge >= 0.3 is 0 Å². The summed E-state index contributed by atoms with van der Waals surface area (Å²) in [5, 5.41) is 6.25. The summed E-state index contributed by atoms with van der Waals surface area (Å²) in [5.74, 6) is -0.815. The van der Waals surface area contributed by atoms with Crippen LogP contribution in [-0.4, -0.2) is 30.5 Å². The first-order chi connectivity index (χ1) is 9.51. The van der Waals surface area contributed by atoms with Crippen molar-refractivity contribution >= 4 is 29.2 Å². The molecule has 2 aromatic rings. The lowest BCUT2D eigenvalue weighted by molar-refractivity contribution is 0.0952. The van der Waals surface area contributed by atoms with Crippen molar-refractivity contribution in [2.24, 2.45) is 0 Å². The Morgan fingerprint density at radius 2 is 2.10 bits per heavy atom. The maximum absolute atomic E-state index is 13.2. The van der Waals surface area contributed by atoms with Crippen molar-refractivity contribution in [1.82, 2.24) is 15.6 Å². The Bertz CT molecular complexity index is 702. The molecule has 0 saturated carbocycles. The van der Waals surface area contributed by atoms with Crippen LogP contribution in [0.2, 0.25) is 0 Å². The van der Waals surface area contributed by atoms with Gasteiger partial charge in [0.15, 0.2) is 0 Å². The van der Waals surface area contributed by atoms with Gasteiger partial charge in [-0.1, -0.05) is 0 Å². The van der Waals surface area contributed by atoms with Gasteiger partial charge in [-0.3, -0.25) is 9.59 Å². The molecule has 1 amide bonds. The number of carbonyl (C=O) groups excluding carboxylic acids is 1. The van der Waals surface area contributed by atoms with E-state index in [-0.39, 0.29) is 29.9 Å². The van der Waals surface area contributed by atoms with E-state index in [1.54, 1.807) is 7.05 Å². The highest BCUT2D eigenvalue weighted by Gasteiger charge is 2.12. The van der Waals surface area contributed by atoms with Crippen LogP contribution < -0.4 is 16.2 Å². The van der Waals surface area contributed by atoms with Gasteiger partial charge in [-0.25, -0.2) is 4.39 Å². The molecule has 5 nitrogen and oxygen atoms in total. The van der Waals surface area contributed by atoms with Crippen LogP contribution in [0.3, 0.4) is 0 Å². The fraction of sp³-hybridized carbons (Fsp3) is 0.286. The first kappa shape index (κ1) is 17.1. The molecule has 3 N–H and O–H groups in total. The fourth-order valence-electron chi connectivity index (χ4n) is 1.86. The van der Waals surface area contributed by atoms with Gasteiger partial charge in [0.25, 0.3) is 5.91 Å². The molecule has 0 fully saturated rings. The summed E-state index contributed by atoms with van der Waals surface area (Å²) in [7, 11) is 1.79. The zero-order valence-corrected chi connectivity index (χ0v) is 12.5. The van der Waals surface area contributed by atoms with Crippen LogP contribution in [0.1, 0.15) is 17.3 Å². The highest BCUT2D eigenvalue weighted by atomic mass is 35.5. The summed E-state index contributed by atoms with van der Waals surface area (Å²) in [6.45, 7) is 2.36. The number of nitrogens with one attached hydrogen (secondary N) is 3. The number of H-pyrrole nitrogens is 1. The van der Waals surface area contributed by atoms with Crippen LogP contribution in [0.25, 0.3) is 10.9 Å². The van der Waals surface area contributed by atoms with Crippen LogP contribution in [0.5, 0.6) is 0 Å². The number of fused-ring (bicyclic) bond motifs is 1. The summed E-state index contributed by atoms with van der Waals surface area (Å²) in [5.41, 5.74) is 0.117. The molecule has 2 rings (SSSR count). The van der Waals surface area contributed by atoms with Gasteiger partial charge in [0, 0.05) is 24.0 Å². The largest absolute Gasteiger partial charge is 0.350 e. The summed E-state index contributed by atoms with van der Waals surface area (Å²) in [6, 6.07) is 5.28. The first-order valence-electron chi connectivity index (χ1n) is 6.29. The van der Waals surface area contributed by atoms with Crippen LogP contribution >= 0.6 is 12.4 Å². The maximum Gasteiger partial charge on any atom is 0.252 e. The van der Waals surface area contributed by atoms with Gasteiger partial charge in [-0.15, -0.1) is 12.4 Å². The zero-order valence-electron chi connectivity index (χ0n) is 11.7. The van der Waals surface area contributed by atoms with E-state index in [2.05, 4.69) is 15.6 Å². The molecule has 0 radical (unpaired) electrons. The lowest BCUT2D eigenvalue weighted by Crippen LogP contribution is -2.37. The Hall–Kier alpha value is -1.92. The molecule has 7 heteroatoms. The molecular weight excluding hydrogens is 297 g/mol. The summed E-state index contributed by atoms with van der Waals surface area (Å²) in [6.07, 6.45) is 0. The molecule has 114 valence electrons. The highest BCUT2D eigenvalue weighted by molar-refractivity contribution is 6.05. The third kappa shape index (κ3) is 4.03. The minimum atomic E-state index is -0.463. The number of carbonyl (C=O) groups is 1. The van der Waals surface area contributed by atoms with Crippen molar-refractivity contribution in [3.63, 3.8) is 0 Å². The molecular formula is C14H17ClFN3O2. The van der Waals surface area contributed by atoms with E-state index < -0.39 is 11.4 Å². The number of hydrogen-bond donors (Lipinski definition) is 3. The molecule has 21 heavy (non-hydrogen) atoms. The van der Waals surface area contributed by atoms with Gasteiger partial charge in [0.05, 0.1) is 11.1 Å². The summed E-state index contributed by atoms with van der Waals surface area (Å²) in [4.78, 5) is 26.2. The second-order valence-electron chi connectivity index (χ2n) is 4.64. The average molecular weight is 314 g/mol. The summed E-state index contributed by atoms with van der Waals surface area (Å²) >= 11 is 0. The lowest BCUT2D eigenvalue weighted by Gasteiger charge is -2.12. The smallest absolute Gasteiger partial charge is 0.252 e. The number of likely N-dealkylation sites (N-methyl/N-ethyl adjacent to an activating group) is 1. The van der Waals surface area contributed by atoms with Gasteiger partial charge in [0.1, 0.15) is 5.82 Å². The molecule has 0 spiro atoms. The topological polar surface area (TPSA) is 74.0 Å².